The lowest BCUT2D eigenvalue weighted by atomic mass is 10.5. The molecule has 0 atom stereocenters. The summed E-state index contributed by atoms with van der Waals surface area (Å²) < 4.78 is 3.84. The van der Waals surface area contributed by atoms with E-state index in [1.165, 1.54) is 0 Å². The SMILES string of the molecule is CCOCCC[Si](Br)(Br)Br. The van der Waals surface area contributed by atoms with Gasteiger partial charge in [-0.05, 0) is 19.4 Å². The quantitative estimate of drug-likeness (QED) is 0.417. The van der Waals surface area contributed by atoms with Crippen molar-refractivity contribution in [1.29, 1.82) is 0 Å². The van der Waals surface area contributed by atoms with Crippen LogP contribution >= 0.6 is 45.9 Å². The Morgan fingerprint density at radius 3 is 2.30 bits per heavy atom. The maximum atomic E-state index is 5.19. The van der Waals surface area contributed by atoms with E-state index in [-0.39, 0.29) is 0 Å². The molecule has 0 amide bonds. The minimum Gasteiger partial charge on any atom is -0.382 e. The van der Waals surface area contributed by atoms with Gasteiger partial charge in [0.15, 0.2) is 0 Å². The zero-order valence-corrected chi connectivity index (χ0v) is 11.6. The summed E-state index contributed by atoms with van der Waals surface area (Å²) in [7, 11) is 0. The average molecular weight is 355 g/mol. The molecule has 0 aliphatic carbocycles. The highest BCUT2D eigenvalue weighted by Gasteiger charge is 2.20. The van der Waals surface area contributed by atoms with E-state index in [9.17, 15) is 0 Å². The largest absolute Gasteiger partial charge is 0.382 e. The third-order valence-corrected chi connectivity index (χ3v) is 5.44. The molecule has 0 aliphatic rings. The van der Waals surface area contributed by atoms with E-state index >= 15 is 0 Å². The van der Waals surface area contributed by atoms with Crippen LogP contribution in [-0.4, -0.2) is 17.1 Å². The molecular weight excluding hydrogens is 344 g/mol. The van der Waals surface area contributed by atoms with Crippen molar-refractivity contribution < 1.29 is 4.74 Å². The van der Waals surface area contributed by atoms with Gasteiger partial charge in [-0.3, -0.25) is 0 Å². The molecule has 0 saturated heterocycles. The first-order valence-corrected chi connectivity index (χ1v) is 12.2. The third-order valence-electron chi connectivity index (χ3n) is 0.953. The number of hydrogen-bond acceptors (Lipinski definition) is 1. The number of halogens is 3. The molecule has 0 aromatic rings. The molecule has 0 aliphatic heterocycles. The summed E-state index contributed by atoms with van der Waals surface area (Å²) in [5, 5.41) is 0. The Hall–Kier alpha value is 1.62. The van der Waals surface area contributed by atoms with Crippen molar-refractivity contribution in [3.63, 3.8) is 0 Å². The first-order chi connectivity index (χ1) is 4.56. The van der Waals surface area contributed by atoms with Gasteiger partial charge in [-0.15, -0.1) is 0 Å². The van der Waals surface area contributed by atoms with Gasteiger partial charge in [-0.2, -0.15) is 0 Å². The van der Waals surface area contributed by atoms with Crippen molar-refractivity contribution >= 4 is 49.8 Å². The summed E-state index contributed by atoms with van der Waals surface area (Å²) in [6, 6.07) is 1.15. The Kier molecular flexibility index (Phi) is 7.17. The second kappa shape index (κ2) is 6.17. The zero-order valence-electron chi connectivity index (χ0n) is 5.87. The van der Waals surface area contributed by atoms with Crippen molar-refractivity contribution in [3.8, 4) is 0 Å². The summed E-state index contributed by atoms with van der Waals surface area (Å²) in [5.41, 5.74) is 0. The predicted molar refractivity (Wildman–Crippen MR) is 58.5 cm³/mol. The highest BCUT2D eigenvalue weighted by atomic mass is 80.0. The molecule has 0 spiro atoms. The highest BCUT2D eigenvalue weighted by molar-refractivity contribution is 9.72. The minimum atomic E-state index is -1.35. The minimum absolute atomic E-state index is 0.821. The summed E-state index contributed by atoms with van der Waals surface area (Å²) in [4.78, 5) is 0. The van der Waals surface area contributed by atoms with E-state index in [1.807, 2.05) is 6.92 Å². The topological polar surface area (TPSA) is 9.23 Å². The van der Waals surface area contributed by atoms with Crippen molar-refractivity contribution in [2.24, 2.45) is 0 Å². The van der Waals surface area contributed by atoms with Gasteiger partial charge >= 0.3 is 0 Å². The van der Waals surface area contributed by atoms with Gasteiger partial charge in [0.25, 0.3) is 3.93 Å². The Morgan fingerprint density at radius 1 is 1.30 bits per heavy atom. The van der Waals surface area contributed by atoms with Crippen molar-refractivity contribution in [2.45, 2.75) is 19.4 Å². The second-order valence-electron chi connectivity index (χ2n) is 1.92. The molecule has 0 aromatic heterocycles. The third kappa shape index (κ3) is 9.62. The standard InChI is InChI=1S/C5H11Br3OSi/c1-2-9-4-3-5-10(6,7)8/h2-5H2,1H3. The number of ether oxygens (including phenoxy) is 1. The molecule has 0 saturated carbocycles. The Labute approximate surface area is 86.6 Å². The van der Waals surface area contributed by atoms with Crippen LogP contribution in [0, 0.1) is 0 Å². The van der Waals surface area contributed by atoms with Gasteiger partial charge in [0, 0.05) is 13.2 Å². The molecule has 5 heteroatoms. The normalized spacial score (nSPS) is 12.0. The lowest BCUT2D eigenvalue weighted by Crippen LogP contribution is -2.07. The summed E-state index contributed by atoms with van der Waals surface area (Å²) >= 11 is 10.6. The van der Waals surface area contributed by atoms with Crippen LogP contribution in [0.25, 0.3) is 0 Å². The summed E-state index contributed by atoms with van der Waals surface area (Å²) in [5.74, 6) is 0. The fourth-order valence-electron chi connectivity index (χ4n) is 0.519. The van der Waals surface area contributed by atoms with Crippen LogP contribution in [0.15, 0.2) is 0 Å². The first-order valence-electron chi connectivity index (χ1n) is 3.20. The van der Waals surface area contributed by atoms with Gasteiger partial charge < -0.3 is 4.74 Å². The van der Waals surface area contributed by atoms with Gasteiger partial charge in [0.1, 0.15) is 0 Å². The lowest BCUT2D eigenvalue weighted by molar-refractivity contribution is 0.148. The molecule has 0 heterocycles. The van der Waals surface area contributed by atoms with E-state index in [4.69, 9.17) is 4.74 Å². The molecular formula is C5H11Br3OSi. The van der Waals surface area contributed by atoms with Crippen LogP contribution in [0.3, 0.4) is 0 Å². The van der Waals surface area contributed by atoms with Gasteiger partial charge in [0.05, 0.1) is 0 Å². The van der Waals surface area contributed by atoms with Crippen molar-refractivity contribution in [1.82, 2.24) is 0 Å². The highest BCUT2D eigenvalue weighted by Crippen LogP contribution is 2.32. The van der Waals surface area contributed by atoms with Gasteiger partial charge in [0.2, 0.25) is 0 Å². The Balaban J connectivity index is 3.04. The summed E-state index contributed by atoms with van der Waals surface area (Å²) in [6.45, 7) is 3.70. The van der Waals surface area contributed by atoms with Crippen LogP contribution < -0.4 is 0 Å². The maximum Gasteiger partial charge on any atom is 0.267 e. The van der Waals surface area contributed by atoms with Crippen LogP contribution in [0.5, 0.6) is 0 Å². The maximum absolute atomic E-state index is 5.19. The molecule has 0 unspecified atom stereocenters. The molecule has 0 aromatic carbocycles. The summed E-state index contributed by atoms with van der Waals surface area (Å²) in [6.07, 6.45) is 1.11. The van der Waals surface area contributed by atoms with Crippen LogP contribution in [-0.2, 0) is 4.74 Å². The predicted octanol–water partition coefficient (Wildman–Crippen LogP) is 3.54. The molecule has 0 N–H and O–H groups in total. The molecule has 10 heavy (non-hydrogen) atoms. The van der Waals surface area contributed by atoms with Crippen LogP contribution in [0.2, 0.25) is 6.04 Å². The first kappa shape index (κ1) is 11.6. The van der Waals surface area contributed by atoms with Gasteiger partial charge in [-0.25, -0.2) is 0 Å². The van der Waals surface area contributed by atoms with Crippen molar-refractivity contribution in [3.05, 3.63) is 0 Å². The molecule has 0 bridgehead atoms. The number of hydrogen-bond donors (Lipinski definition) is 0. The van der Waals surface area contributed by atoms with Crippen molar-refractivity contribution in [2.75, 3.05) is 13.2 Å². The molecule has 62 valence electrons. The molecule has 0 rings (SSSR count). The Morgan fingerprint density at radius 2 is 1.90 bits per heavy atom. The second-order valence-corrected chi connectivity index (χ2v) is 25.4. The van der Waals surface area contributed by atoms with E-state index in [2.05, 4.69) is 45.9 Å². The molecule has 0 radical (unpaired) electrons. The van der Waals surface area contributed by atoms with E-state index in [0.717, 1.165) is 25.7 Å². The van der Waals surface area contributed by atoms with Gasteiger partial charge in [-0.1, -0.05) is 45.9 Å². The lowest BCUT2D eigenvalue weighted by Gasteiger charge is -2.07. The smallest absolute Gasteiger partial charge is 0.267 e. The average Bonchev–Trinajstić information content (AvgIpc) is 1.78. The monoisotopic (exact) mass is 352 g/mol. The fourth-order valence-corrected chi connectivity index (χ4v) is 3.59. The Bertz CT molecular complexity index is 83.5. The zero-order chi connectivity index (χ0) is 8.04. The van der Waals surface area contributed by atoms with Crippen LogP contribution in [0.1, 0.15) is 13.3 Å². The van der Waals surface area contributed by atoms with E-state index < -0.39 is 3.93 Å². The molecule has 1 nitrogen and oxygen atoms in total. The van der Waals surface area contributed by atoms with E-state index in [0.29, 0.717) is 0 Å². The molecule has 0 fully saturated rings. The number of rotatable bonds is 5. The fraction of sp³-hybridized carbons (Fsp3) is 1.00. The van der Waals surface area contributed by atoms with Crippen LogP contribution in [0.4, 0.5) is 0 Å². The van der Waals surface area contributed by atoms with E-state index in [1.54, 1.807) is 0 Å².